The molecule has 0 radical (unpaired) electrons. The minimum Gasteiger partial charge on any atom is -0.490 e. The van der Waals surface area contributed by atoms with E-state index in [2.05, 4.69) is 5.32 Å². The lowest BCUT2D eigenvalue weighted by Crippen LogP contribution is -2.27. The Kier molecular flexibility index (Phi) is 7.92. The summed E-state index contributed by atoms with van der Waals surface area (Å²) in [5.41, 5.74) is 0.669. The second kappa shape index (κ2) is 10.2. The number of ether oxygens (including phenoxy) is 2. The van der Waals surface area contributed by atoms with Crippen LogP contribution in [-0.4, -0.2) is 19.1 Å². The molecule has 146 valence electrons. The molecule has 2 aromatic carbocycles. The molecule has 0 aliphatic heterocycles. The molecule has 0 aliphatic carbocycles. The Bertz CT molecular complexity index is 762. The minimum atomic E-state index is -0.650. The number of hydrogen-bond acceptors (Lipinski definition) is 3. The summed E-state index contributed by atoms with van der Waals surface area (Å²) in [6, 6.07) is 9.32. The van der Waals surface area contributed by atoms with Gasteiger partial charge in [0.05, 0.1) is 29.8 Å². The van der Waals surface area contributed by atoms with Crippen LogP contribution >= 0.6 is 11.6 Å². The second-order valence-corrected chi connectivity index (χ2v) is 6.60. The van der Waals surface area contributed by atoms with Gasteiger partial charge in [0, 0.05) is 0 Å². The van der Waals surface area contributed by atoms with Crippen molar-refractivity contribution in [3.8, 4) is 11.5 Å². The number of carbonyl (C=O) groups is 1. The van der Waals surface area contributed by atoms with Crippen LogP contribution in [0.3, 0.4) is 0 Å². The van der Waals surface area contributed by atoms with Crippen molar-refractivity contribution in [1.29, 1.82) is 0 Å². The second-order valence-electron chi connectivity index (χ2n) is 6.19. The van der Waals surface area contributed by atoms with Crippen LogP contribution in [0.15, 0.2) is 36.4 Å². The zero-order valence-corrected chi connectivity index (χ0v) is 16.6. The fourth-order valence-electron chi connectivity index (χ4n) is 2.52. The summed E-state index contributed by atoms with van der Waals surface area (Å²) in [6.07, 6.45) is 1.76. The summed E-state index contributed by atoms with van der Waals surface area (Å²) >= 11 is 5.97. The molecular formula is C21H25ClFNO3. The third-order valence-corrected chi connectivity index (χ3v) is 4.24. The van der Waals surface area contributed by atoms with Crippen LogP contribution in [0.25, 0.3) is 0 Å². The smallest absolute Gasteiger partial charge is 0.256 e. The van der Waals surface area contributed by atoms with Crippen LogP contribution in [0, 0.1) is 5.82 Å². The molecule has 6 heteroatoms. The highest BCUT2D eigenvalue weighted by molar-refractivity contribution is 6.33. The molecule has 0 saturated heterocycles. The highest BCUT2D eigenvalue weighted by atomic mass is 35.5. The maximum absolute atomic E-state index is 13.9. The predicted molar refractivity (Wildman–Crippen MR) is 105 cm³/mol. The number of carbonyl (C=O) groups excluding carboxylic acids is 1. The standard InChI is InChI=1S/C21H25ClFNO3/c1-4-11-26-18-10-9-15(13-19(18)27-12-5-2)14(3)24-21(25)20-16(22)7-6-8-17(20)23/h6-10,13-14H,4-5,11-12H2,1-3H3,(H,24,25). The molecule has 1 atom stereocenters. The number of amides is 1. The van der Waals surface area contributed by atoms with E-state index < -0.39 is 11.7 Å². The molecule has 0 bridgehead atoms. The Morgan fingerprint density at radius 2 is 1.78 bits per heavy atom. The van der Waals surface area contributed by atoms with Crippen LogP contribution in [0.4, 0.5) is 4.39 Å². The molecule has 1 N–H and O–H groups in total. The molecule has 0 fully saturated rings. The molecule has 27 heavy (non-hydrogen) atoms. The maximum Gasteiger partial charge on any atom is 0.256 e. The van der Waals surface area contributed by atoms with E-state index in [9.17, 15) is 9.18 Å². The summed E-state index contributed by atoms with van der Waals surface area (Å²) < 4.78 is 25.5. The van der Waals surface area contributed by atoms with E-state index in [-0.39, 0.29) is 16.6 Å². The Morgan fingerprint density at radius 1 is 1.11 bits per heavy atom. The van der Waals surface area contributed by atoms with Gasteiger partial charge in [-0.2, -0.15) is 0 Å². The van der Waals surface area contributed by atoms with E-state index in [0.717, 1.165) is 18.4 Å². The van der Waals surface area contributed by atoms with Gasteiger partial charge >= 0.3 is 0 Å². The molecule has 0 aliphatic rings. The van der Waals surface area contributed by atoms with E-state index in [0.29, 0.717) is 24.7 Å². The first-order valence-electron chi connectivity index (χ1n) is 9.12. The third kappa shape index (κ3) is 5.60. The van der Waals surface area contributed by atoms with Crippen molar-refractivity contribution >= 4 is 17.5 Å². The number of rotatable bonds is 9. The van der Waals surface area contributed by atoms with Crippen molar-refractivity contribution < 1.29 is 18.7 Å². The van der Waals surface area contributed by atoms with Gasteiger partial charge < -0.3 is 14.8 Å². The summed E-state index contributed by atoms with van der Waals surface area (Å²) in [4.78, 5) is 12.4. The van der Waals surface area contributed by atoms with Crippen molar-refractivity contribution in [2.24, 2.45) is 0 Å². The lowest BCUT2D eigenvalue weighted by atomic mass is 10.1. The molecule has 1 unspecified atom stereocenters. The van der Waals surface area contributed by atoms with Crippen LogP contribution < -0.4 is 14.8 Å². The van der Waals surface area contributed by atoms with Crippen LogP contribution in [0.5, 0.6) is 11.5 Å². The molecule has 2 rings (SSSR count). The van der Waals surface area contributed by atoms with Gasteiger partial charge in [-0.1, -0.05) is 37.6 Å². The van der Waals surface area contributed by atoms with Crippen molar-refractivity contribution in [2.75, 3.05) is 13.2 Å². The summed E-state index contributed by atoms with van der Waals surface area (Å²) in [6.45, 7) is 7.04. The molecule has 4 nitrogen and oxygen atoms in total. The fraction of sp³-hybridized carbons (Fsp3) is 0.381. The lowest BCUT2D eigenvalue weighted by molar-refractivity contribution is 0.0936. The Balaban J connectivity index is 2.19. The Labute approximate surface area is 164 Å². The van der Waals surface area contributed by atoms with Gasteiger partial charge in [0.25, 0.3) is 5.91 Å². The molecule has 0 aromatic heterocycles. The molecule has 0 heterocycles. The number of hydrogen-bond donors (Lipinski definition) is 1. The Morgan fingerprint density at radius 3 is 2.41 bits per heavy atom. The van der Waals surface area contributed by atoms with Gasteiger partial charge in [0.15, 0.2) is 11.5 Å². The summed E-state index contributed by atoms with van der Waals surface area (Å²) in [5, 5.41) is 2.86. The van der Waals surface area contributed by atoms with Gasteiger partial charge in [-0.15, -0.1) is 0 Å². The lowest BCUT2D eigenvalue weighted by Gasteiger charge is -2.18. The molecular weight excluding hydrogens is 369 g/mol. The fourth-order valence-corrected chi connectivity index (χ4v) is 2.77. The summed E-state index contributed by atoms with van der Waals surface area (Å²) in [7, 11) is 0. The third-order valence-electron chi connectivity index (χ3n) is 3.93. The van der Waals surface area contributed by atoms with E-state index in [1.54, 1.807) is 0 Å². The molecule has 2 aromatic rings. The average molecular weight is 394 g/mol. The number of benzene rings is 2. The largest absolute Gasteiger partial charge is 0.490 e. The first-order valence-corrected chi connectivity index (χ1v) is 9.50. The van der Waals surface area contributed by atoms with Gasteiger partial charge in [0.1, 0.15) is 5.82 Å². The average Bonchev–Trinajstić information content (AvgIpc) is 2.64. The van der Waals surface area contributed by atoms with Crippen molar-refractivity contribution in [3.63, 3.8) is 0 Å². The SMILES string of the molecule is CCCOc1ccc(C(C)NC(=O)c2c(F)cccc2Cl)cc1OCCC. The van der Waals surface area contributed by atoms with Crippen molar-refractivity contribution in [2.45, 2.75) is 39.7 Å². The normalized spacial score (nSPS) is 11.7. The van der Waals surface area contributed by atoms with E-state index >= 15 is 0 Å². The van der Waals surface area contributed by atoms with E-state index in [1.807, 2.05) is 39.0 Å². The van der Waals surface area contributed by atoms with Gasteiger partial charge in [0.2, 0.25) is 0 Å². The minimum absolute atomic E-state index is 0.0787. The zero-order chi connectivity index (χ0) is 19.8. The molecule has 0 spiro atoms. The topological polar surface area (TPSA) is 47.6 Å². The molecule has 1 amide bonds. The van der Waals surface area contributed by atoms with Crippen LogP contribution in [-0.2, 0) is 0 Å². The van der Waals surface area contributed by atoms with Crippen molar-refractivity contribution in [3.05, 3.63) is 58.4 Å². The van der Waals surface area contributed by atoms with E-state index in [1.165, 1.54) is 18.2 Å². The Hall–Kier alpha value is -2.27. The van der Waals surface area contributed by atoms with Crippen LogP contribution in [0.1, 0.15) is 55.6 Å². The summed E-state index contributed by atoms with van der Waals surface area (Å²) in [5.74, 6) is 0.0907. The number of halogens is 2. The molecule has 0 saturated carbocycles. The quantitative estimate of drug-likeness (QED) is 0.607. The van der Waals surface area contributed by atoms with Crippen molar-refractivity contribution in [1.82, 2.24) is 5.32 Å². The van der Waals surface area contributed by atoms with E-state index in [4.69, 9.17) is 21.1 Å². The highest BCUT2D eigenvalue weighted by Gasteiger charge is 2.19. The monoisotopic (exact) mass is 393 g/mol. The van der Waals surface area contributed by atoms with Crippen LogP contribution in [0.2, 0.25) is 5.02 Å². The first-order chi connectivity index (χ1) is 13.0. The first kappa shape index (κ1) is 21.0. The predicted octanol–water partition coefficient (Wildman–Crippen LogP) is 5.55. The maximum atomic E-state index is 13.9. The number of nitrogens with one attached hydrogen (secondary N) is 1. The highest BCUT2D eigenvalue weighted by Crippen LogP contribution is 2.31. The van der Waals surface area contributed by atoms with Gasteiger partial charge in [-0.05, 0) is 49.6 Å². The van der Waals surface area contributed by atoms with Gasteiger partial charge in [-0.25, -0.2) is 4.39 Å². The van der Waals surface area contributed by atoms with Gasteiger partial charge in [-0.3, -0.25) is 4.79 Å². The zero-order valence-electron chi connectivity index (χ0n) is 15.9.